The van der Waals surface area contributed by atoms with Gasteiger partial charge in [-0.3, -0.25) is 9.10 Å². The largest absolute Gasteiger partial charge is 0.354 e. The van der Waals surface area contributed by atoms with E-state index in [0.29, 0.717) is 27.3 Å². The molecule has 1 amide bonds. The summed E-state index contributed by atoms with van der Waals surface area (Å²) in [5.74, 6) is 0.382. The number of hydrogen-bond donors (Lipinski definition) is 1. The molecule has 5 nitrogen and oxygen atoms in total. The Morgan fingerprint density at radius 3 is 2.15 bits per heavy atom. The van der Waals surface area contributed by atoms with Gasteiger partial charge in [-0.2, -0.15) is 0 Å². The molecule has 0 unspecified atom stereocenters. The van der Waals surface area contributed by atoms with E-state index in [0.717, 1.165) is 21.4 Å². The van der Waals surface area contributed by atoms with Gasteiger partial charge in [0.2, 0.25) is 5.91 Å². The number of anilines is 1. The van der Waals surface area contributed by atoms with Gasteiger partial charge in [0.15, 0.2) is 0 Å². The van der Waals surface area contributed by atoms with Crippen LogP contribution in [0.5, 0.6) is 0 Å². The van der Waals surface area contributed by atoms with Crippen LogP contribution >= 0.6 is 46.6 Å². The minimum atomic E-state index is -4.02. The van der Waals surface area contributed by atoms with Crippen LogP contribution in [0.1, 0.15) is 6.42 Å². The van der Waals surface area contributed by atoms with Crippen molar-refractivity contribution in [1.82, 2.24) is 5.32 Å². The first-order valence-corrected chi connectivity index (χ1v) is 13.5. The molecule has 3 aromatic rings. The summed E-state index contributed by atoms with van der Waals surface area (Å²) < 4.78 is 27.6. The third-order valence-corrected chi connectivity index (χ3v) is 8.14. The van der Waals surface area contributed by atoms with Gasteiger partial charge in [0, 0.05) is 26.5 Å². The zero-order valence-electron chi connectivity index (χ0n) is 17.4. The molecule has 3 aromatic carbocycles. The highest BCUT2D eigenvalue weighted by molar-refractivity contribution is 7.99. The van der Waals surface area contributed by atoms with Crippen molar-refractivity contribution in [2.45, 2.75) is 16.2 Å². The molecule has 0 heterocycles. The fourth-order valence-electron chi connectivity index (χ4n) is 2.89. The van der Waals surface area contributed by atoms with Crippen LogP contribution in [0.3, 0.4) is 0 Å². The molecule has 0 radical (unpaired) electrons. The van der Waals surface area contributed by atoms with Crippen molar-refractivity contribution >= 4 is 68.2 Å². The summed E-state index contributed by atoms with van der Waals surface area (Å²) in [6, 6.07) is 19.7. The molecule has 174 valence electrons. The number of nitrogens with one attached hydrogen (secondary N) is 1. The van der Waals surface area contributed by atoms with Crippen molar-refractivity contribution < 1.29 is 13.2 Å². The summed E-state index contributed by atoms with van der Waals surface area (Å²) in [7, 11) is -4.02. The highest BCUT2D eigenvalue weighted by Crippen LogP contribution is 2.27. The molecular formula is C23H21Cl3N2O3S2. The maximum Gasteiger partial charge on any atom is 0.264 e. The lowest BCUT2D eigenvalue weighted by atomic mass is 10.3. The van der Waals surface area contributed by atoms with Crippen LogP contribution in [0.4, 0.5) is 5.69 Å². The second-order valence-corrected chi connectivity index (χ2v) is 11.3. The number of rotatable bonds is 10. The number of halogens is 3. The average molecular weight is 544 g/mol. The van der Waals surface area contributed by atoms with E-state index in [-0.39, 0.29) is 11.4 Å². The second-order valence-electron chi connectivity index (χ2n) is 6.95. The normalized spacial score (nSPS) is 11.2. The molecular weight excluding hydrogens is 523 g/mol. The topological polar surface area (TPSA) is 66.5 Å². The number of thioether (sulfide) groups is 1. The number of carbonyl (C=O) groups is 1. The molecule has 0 bridgehead atoms. The third kappa shape index (κ3) is 7.55. The van der Waals surface area contributed by atoms with Crippen LogP contribution in [0.25, 0.3) is 0 Å². The van der Waals surface area contributed by atoms with Crippen molar-refractivity contribution in [2.24, 2.45) is 0 Å². The maximum absolute atomic E-state index is 13.3. The van der Waals surface area contributed by atoms with Crippen molar-refractivity contribution in [3.05, 3.63) is 87.9 Å². The lowest BCUT2D eigenvalue weighted by molar-refractivity contribution is -0.119. The van der Waals surface area contributed by atoms with E-state index in [4.69, 9.17) is 34.8 Å². The highest BCUT2D eigenvalue weighted by atomic mass is 35.5. The molecule has 0 fully saturated rings. The van der Waals surface area contributed by atoms with Crippen LogP contribution in [-0.4, -0.2) is 33.2 Å². The molecule has 33 heavy (non-hydrogen) atoms. The smallest absolute Gasteiger partial charge is 0.264 e. The van der Waals surface area contributed by atoms with Crippen molar-refractivity contribution in [3.63, 3.8) is 0 Å². The monoisotopic (exact) mass is 542 g/mol. The van der Waals surface area contributed by atoms with E-state index in [1.807, 2.05) is 24.3 Å². The van der Waals surface area contributed by atoms with E-state index in [1.165, 1.54) is 30.3 Å². The molecule has 0 aromatic heterocycles. The van der Waals surface area contributed by atoms with E-state index < -0.39 is 15.9 Å². The molecule has 0 spiro atoms. The van der Waals surface area contributed by atoms with E-state index in [2.05, 4.69) is 5.32 Å². The Morgan fingerprint density at radius 2 is 1.52 bits per heavy atom. The lowest BCUT2D eigenvalue weighted by Crippen LogP contribution is -2.41. The molecule has 3 rings (SSSR count). The quantitative estimate of drug-likeness (QED) is 0.246. The molecule has 0 aliphatic heterocycles. The van der Waals surface area contributed by atoms with Gasteiger partial charge in [0.1, 0.15) is 6.54 Å². The summed E-state index contributed by atoms with van der Waals surface area (Å²) >= 11 is 19.5. The minimum Gasteiger partial charge on any atom is -0.354 e. The SMILES string of the molecule is O=C(CN(c1cccc(Cl)c1)S(=O)(=O)c1ccc(Cl)cc1)NCCCSc1ccc(Cl)cc1. The Balaban J connectivity index is 1.64. The fraction of sp³-hybridized carbons (Fsp3) is 0.174. The fourth-order valence-corrected chi connectivity index (χ4v) is 5.59. The zero-order chi connectivity index (χ0) is 23.8. The van der Waals surface area contributed by atoms with E-state index >= 15 is 0 Å². The molecule has 0 aliphatic carbocycles. The van der Waals surface area contributed by atoms with Crippen LogP contribution in [0.15, 0.2) is 82.6 Å². The van der Waals surface area contributed by atoms with Crippen LogP contribution in [0, 0.1) is 0 Å². The number of carbonyl (C=O) groups excluding carboxylic acids is 1. The van der Waals surface area contributed by atoms with Crippen molar-refractivity contribution in [1.29, 1.82) is 0 Å². The summed E-state index contributed by atoms with van der Waals surface area (Å²) in [6.45, 7) is 0.0411. The number of nitrogens with zero attached hydrogens (tertiary/aromatic N) is 1. The predicted octanol–water partition coefficient (Wildman–Crippen LogP) is 6.14. The van der Waals surface area contributed by atoms with Gasteiger partial charge in [0.05, 0.1) is 10.6 Å². The molecule has 0 saturated heterocycles. The number of sulfonamides is 1. The Hall–Kier alpha value is -1.90. The van der Waals surface area contributed by atoms with Crippen molar-refractivity contribution in [2.75, 3.05) is 23.1 Å². The Bertz CT molecular complexity index is 1190. The summed E-state index contributed by atoms with van der Waals surface area (Å²) in [5, 5.41) is 4.26. The molecule has 0 atom stereocenters. The lowest BCUT2D eigenvalue weighted by Gasteiger charge is -2.24. The zero-order valence-corrected chi connectivity index (χ0v) is 21.3. The maximum atomic E-state index is 13.3. The van der Waals surface area contributed by atoms with E-state index in [9.17, 15) is 13.2 Å². The summed E-state index contributed by atoms with van der Waals surface area (Å²) in [4.78, 5) is 13.7. The summed E-state index contributed by atoms with van der Waals surface area (Å²) in [5.41, 5.74) is 0.297. The summed E-state index contributed by atoms with van der Waals surface area (Å²) in [6.07, 6.45) is 0.722. The van der Waals surface area contributed by atoms with E-state index in [1.54, 1.807) is 30.0 Å². The Morgan fingerprint density at radius 1 is 0.879 bits per heavy atom. The molecule has 0 saturated carbocycles. The first kappa shape index (κ1) is 25.7. The van der Waals surface area contributed by atoms with Crippen LogP contribution in [0.2, 0.25) is 15.1 Å². The average Bonchev–Trinajstić information content (AvgIpc) is 2.78. The molecule has 10 heteroatoms. The van der Waals surface area contributed by atoms with Crippen LogP contribution < -0.4 is 9.62 Å². The highest BCUT2D eigenvalue weighted by Gasteiger charge is 2.27. The second kappa shape index (κ2) is 12.0. The first-order valence-electron chi connectivity index (χ1n) is 9.94. The third-order valence-electron chi connectivity index (χ3n) is 4.51. The van der Waals surface area contributed by atoms with Crippen molar-refractivity contribution in [3.8, 4) is 0 Å². The van der Waals surface area contributed by atoms with Gasteiger partial charge in [-0.05, 0) is 78.9 Å². The molecule has 1 N–H and O–H groups in total. The Labute approximate surface area is 213 Å². The predicted molar refractivity (Wildman–Crippen MR) is 137 cm³/mol. The molecule has 0 aliphatic rings. The minimum absolute atomic E-state index is 0.0269. The Kier molecular flexibility index (Phi) is 9.35. The number of amides is 1. The van der Waals surface area contributed by atoms with Gasteiger partial charge >= 0.3 is 0 Å². The van der Waals surface area contributed by atoms with Gasteiger partial charge < -0.3 is 5.32 Å². The van der Waals surface area contributed by atoms with Gasteiger partial charge in [-0.1, -0.05) is 40.9 Å². The van der Waals surface area contributed by atoms with Gasteiger partial charge in [0.25, 0.3) is 10.0 Å². The number of benzene rings is 3. The van der Waals surface area contributed by atoms with Gasteiger partial charge in [-0.15, -0.1) is 11.8 Å². The first-order chi connectivity index (χ1) is 15.8. The van der Waals surface area contributed by atoms with Crippen LogP contribution in [-0.2, 0) is 14.8 Å². The number of hydrogen-bond acceptors (Lipinski definition) is 4. The van der Waals surface area contributed by atoms with Gasteiger partial charge in [-0.25, -0.2) is 8.42 Å². The standard InChI is InChI=1S/C23H21Cl3N2O3S2/c24-17-5-9-21(10-6-17)32-14-2-13-27-23(29)16-28(20-4-1-3-19(26)15-20)33(30,31)22-11-7-18(25)8-12-22/h1,3-12,15H,2,13-14,16H2,(H,27,29).